The number of ether oxygens (including phenoxy) is 1. The highest BCUT2D eigenvalue weighted by Crippen LogP contribution is 2.17. The highest BCUT2D eigenvalue weighted by atomic mass is 16.5. The number of morpholine rings is 1. The minimum absolute atomic E-state index is 0.0195. The first-order valence-corrected chi connectivity index (χ1v) is 6.96. The molecule has 0 aromatic heterocycles. The van der Waals surface area contributed by atoms with Gasteiger partial charge in [-0.25, -0.2) is 0 Å². The molecule has 0 bridgehead atoms. The zero-order valence-corrected chi connectivity index (χ0v) is 12.2. The first-order valence-electron chi connectivity index (χ1n) is 6.96. The summed E-state index contributed by atoms with van der Waals surface area (Å²) in [5.41, 5.74) is 1.17. The van der Waals surface area contributed by atoms with E-state index in [0.717, 1.165) is 0 Å². The lowest BCUT2D eigenvalue weighted by molar-refractivity contribution is -0.134. The highest BCUT2D eigenvalue weighted by molar-refractivity contribution is 5.95. The van der Waals surface area contributed by atoms with E-state index in [9.17, 15) is 9.59 Å². The van der Waals surface area contributed by atoms with Gasteiger partial charge in [0, 0.05) is 24.3 Å². The Bertz CT molecular complexity index is 522. The van der Waals surface area contributed by atoms with Crippen molar-refractivity contribution < 1.29 is 19.4 Å². The summed E-state index contributed by atoms with van der Waals surface area (Å²) in [6.45, 7) is 4.84. The van der Waals surface area contributed by atoms with Crippen molar-refractivity contribution in [2.24, 2.45) is 0 Å². The number of carboxylic acid groups (broad SMARTS) is 1. The van der Waals surface area contributed by atoms with Crippen molar-refractivity contribution >= 4 is 17.6 Å². The maximum Gasteiger partial charge on any atom is 0.322 e. The Morgan fingerprint density at radius 1 is 1.33 bits per heavy atom. The molecule has 6 heteroatoms. The van der Waals surface area contributed by atoms with Crippen LogP contribution in [0.25, 0.3) is 0 Å². The summed E-state index contributed by atoms with van der Waals surface area (Å²) in [5, 5.41) is 11.4. The average molecular weight is 292 g/mol. The van der Waals surface area contributed by atoms with Crippen LogP contribution in [0.2, 0.25) is 0 Å². The van der Waals surface area contributed by atoms with Crippen LogP contribution in [0.3, 0.4) is 0 Å². The van der Waals surface area contributed by atoms with Crippen molar-refractivity contribution in [2.75, 3.05) is 25.0 Å². The van der Waals surface area contributed by atoms with E-state index in [2.05, 4.69) is 5.32 Å². The third-order valence-corrected chi connectivity index (χ3v) is 3.26. The summed E-state index contributed by atoms with van der Waals surface area (Å²) >= 11 is 0. The molecular formula is C15H20N2O4. The molecule has 1 saturated heterocycles. The number of hydrogen-bond acceptors (Lipinski definition) is 4. The molecule has 0 saturated carbocycles. The van der Waals surface area contributed by atoms with E-state index in [1.807, 2.05) is 13.8 Å². The van der Waals surface area contributed by atoms with E-state index in [1.165, 1.54) is 0 Å². The number of nitrogens with zero attached hydrogens (tertiary/aromatic N) is 1. The molecule has 1 aliphatic heterocycles. The lowest BCUT2D eigenvalue weighted by Gasteiger charge is -2.35. The van der Waals surface area contributed by atoms with E-state index < -0.39 is 5.97 Å². The topological polar surface area (TPSA) is 78.9 Å². The second-order valence-corrected chi connectivity index (χ2v) is 5.30. The van der Waals surface area contributed by atoms with Crippen molar-refractivity contribution in [2.45, 2.75) is 26.1 Å². The Morgan fingerprint density at radius 2 is 2.00 bits per heavy atom. The molecule has 1 aromatic carbocycles. The standard InChI is InChI=1S/C15H20N2O4/c1-10-8-17(9-11(2)21-10)15(20)12-4-3-5-13(6-12)16-7-14(18)19/h3-6,10-11,16H,7-9H2,1-2H3,(H,18,19)/t10-,11+. The van der Waals surface area contributed by atoms with Gasteiger partial charge in [0.05, 0.1) is 12.2 Å². The van der Waals surface area contributed by atoms with Gasteiger partial charge in [-0.1, -0.05) is 6.07 Å². The van der Waals surface area contributed by atoms with Crippen LogP contribution in [-0.2, 0) is 9.53 Å². The second-order valence-electron chi connectivity index (χ2n) is 5.30. The van der Waals surface area contributed by atoms with Gasteiger partial charge in [-0.05, 0) is 32.0 Å². The predicted molar refractivity (Wildman–Crippen MR) is 78.5 cm³/mol. The van der Waals surface area contributed by atoms with Crippen LogP contribution in [0.1, 0.15) is 24.2 Å². The molecule has 1 fully saturated rings. The minimum atomic E-state index is -0.942. The molecule has 1 aliphatic rings. The number of nitrogens with one attached hydrogen (secondary N) is 1. The van der Waals surface area contributed by atoms with Gasteiger partial charge in [-0.15, -0.1) is 0 Å². The van der Waals surface area contributed by atoms with Crippen LogP contribution < -0.4 is 5.32 Å². The molecule has 21 heavy (non-hydrogen) atoms. The lowest BCUT2D eigenvalue weighted by atomic mass is 10.1. The Kier molecular flexibility index (Phi) is 4.80. The molecule has 2 atom stereocenters. The molecule has 6 nitrogen and oxygen atoms in total. The van der Waals surface area contributed by atoms with Gasteiger partial charge in [0.1, 0.15) is 6.54 Å². The molecule has 1 amide bonds. The number of carbonyl (C=O) groups excluding carboxylic acids is 1. The van der Waals surface area contributed by atoms with Crippen LogP contribution >= 0.6 is 0 Å². The minimum Gasteiger partial charge on any atom is -0.480 e. The number of benzene rings is 1. The number of carbonyl (C=O) groups is 2. The van der Waals surface area contributed by atoms with Gasteiger partial charge in [0.25, 0.3) is 5.91 Å². The third-order valence-electron chi connectivity index (χ3n) is 3.26. The molecule has 114 valence electrons. The zero-order valence-electron chi connectivity index (χ0n) is 12.2. The predicted octanol–water partition coefficient (Wildman–Crippen LogP) is 1.43. The Hall–Kier alpha value is -2.08. The van der Waals surface area contributed by atoms with Crippen LogP contribution in [0.4, 0.5) is 5.69 Å². The zero-order chi connectivity index (χ0) is 15.4. The van der Waals surface area contributed by atoms with Crippen LogP contribution in [-0.4, -0.2) is 53.7 Å². The van der Waals surface area contributed by atoms with Gasteiger partial charge < -0.3 is 20.1 Å². The lowest BCUT2D eigenvalue weighted by Crippen LogP contribution is -2.48. The van der Waals surface area contributed by atoms with Crippen LogP contribution in [0.5, 0.6) is 0 Å². The van der Waals surface area contributed by atoms with Gasteiger partial charge in [-0.3, -0.25) is 9.59 Å². The monoisotopic (exact) mass is 292 g/mol. The highest BCUT2D eigenvalue weighted by Gasteiger charge is 2.26. The van der Waals surface area contributed by atoms with Crippen molar-refractivity contribution in [3.63, 3.8) is 0 Å². The largest absolute Gasteiger partial charge is 0.480 e. The summed E-state index contributed by atoms with van der Waals surface area (Å²) in [4.78, 5) is 24.8. The molecular weight excluding hydrogens is 272 g/mol. The number of anilines is 1. The number of carboxylic acids is 1. The van der Waals surface area contributed by atoms with E-state index in [-0.39, 0.29) is 24.7 Å². The normalized spacial score (nSPS) is 21.9. The van der Waals surface area contributed by atoms with Crippen molar-refractivity contribution in [3.8, 4) is 0 Å². The Morgan fingerprint density at radius 3 is 2.62 bits per heavy atom. The Labute approximate surface area is 123 Å². The van der Waals surface area contributed by atoms with Gasteiger partial charge in [0.2, 0.25) is 0 Å². The second kappa shape index (κ2) is 6.58. The van der Waals surface area contributed by atoms with Crippen LogP contribution in [0, 0.1) is 0 Å². The molecule has 2 rings (SSSR count). The maximum absolute atomic E-state index is 12.5. The quantitative estimate of drug-likeness (QED) is 0.877. The summed E-state index contributed by atoms with van der Waals surface area (Å²) in [6.07, 6.45) is 0.0389. The third kappa shape index (κ3) is 4.19. The number of amides is 1. The SMILES string of the molecule is C[C@@H]1CN(C(=O)c2cccc(NCC(=O)O)c2)C[C@H](C)O1. The van der Waals surface area contributed by atoms with Gasteiger partial charge in [-0.2, -0.15) is 0 Å². The van der Waals surface area contributed by atoms with Crippen molar-refractivity contribution in [1.82, 2.24) is 4.90 Å². The first-order chi connectivity index (χ1) is 9.95. The average Bonchev–Trinajstić information content (AvgIpc) is 2.43. The molecule has 0 unspecified atom stereocenters. The Balaban J connectivity index is 2.08. The number of rotatable bonds is 4. The first kappa shape index (κ1) is 15.3. The fourth-order valence-corrected chi connectivity index (χ4v) is 2.47. The van der Waals surface area contributed by atoms with Crippen molar-refractivity contribution in [3.05, 3.63) is 29.8 Å². The number of hydrogen-bond donors (Lipinski definition) is 2. The smallest absolute Gasteiger partial charge is 0.322 e. The van der Waals surface area contributed by atoms with E-state index >= 15 is 0 Å². The maximum atomic E-state index is 12.5. The van der Waals surface area contributed by atoms with Gasteiger partial charge >= 0.3 is 5.97 Å². The summed E-state index contributed by atoms with van der Waals surface area (Å²) < 4.78 is 5.62. The summed E-state index contributed by atoms with van der Waals surface area (Å²) in [7, 11) is 0. The number of aliphatic carboxylic acids is 1. The fraction of sp³-hybridized carbons (Fsp3) is 0.467. The van der Waals surface area contributed by atoms with Gasteiger partial charge in [0.15, 0.2) is 0 Å². The van der Waals surface area contributed by atoms with Crippen molar-refractivity contribution in [1.29, 1.82) is 0 Å². The molecule has 2 N–H and O–H groups in total. The molecule has 1 aromatic rings. The van der Waals surface area contributed by atoms with E-state index in [4.69, 9.17) is 9.84 Å². The molecule has 1 heterocycles. The fourth-order valence-electron chi connectivity index (χ4n) is 2.47. The molecule has 0 radical (unpaired) electrons. The van der Waals surface area contributed by atoms with Crippen LogP contribution in [0.15, 0.2) is 24.3 Å². The molecule has 0 aliphatic carbocycles. The summed E-state index contributed by atoms with van der Waals surface area (Å²) in [5.74, 6) is -1.00. The summed E-state index contributed by atoms with van der Waals surface area (Å²) in [6, 6.07) is 6.89. The van der Waals surface area contributed by atoms with E-state index in [0.29, 0.717) is 24.3 Å². The molecule has 0 spiro atoms. The van der Waals surface area contributed by atoms with E-state index in [1.54, 1.807) is 29.2 Å².